The zero-order valence-electron chi connectivity index (χ0n) is 12.4. The number of hydrogen-bond donors (Lipinski definition) is 2. The van der Waals surface area contributed by atoms with Gasteiger partial charge < -0.3 is 11.1 Å². The summed E-state index contributed by atoms with van der Waals surface area (Å²) in [5, 5.41) is 2.97. The van der Waals surface area contributed by atoms with Gasteiger partial charge in [0, 0.05) is 11.7 Å². The summed E-state index contributed by atoms with van der Waals surface area (Å²) >= 11 is 0. The highest BCUT2D eigenvalue weighted by Gasteiger charge is 2.27. The first-order valence-corrected chi connectivity index (χ1v) is 7.43. The van der Waals surface area contributed by atoms with Crippen LogP contribution in [0.4, 0.5) is 5.69 Å². The second kappa shape index (κ2) is 6.86. The molecule has 0 bridgehead atoms. The molecule has 1 aliphatic heterocycles. The topological polar surface area (TPSA) is 58.4 Å². The van der Waals surface area contributed by atoms with Gasteiger partial charge in [0.1, 0.15) is 0 Å². The average Bonchev–Trinajstić information content (AvgIpc) is 2.47. The molecule has 1 aliphatic rings. The number of anilines is 1. The van der Waals surface area contributed by atoms with Gasteiger partial charge in [-0.1, -0.05) is 18.2 Å². The van der Waals surface area contributed by atoms with E-state index in [-0.39, 0.29) is 18.0 Å². The number of likely N-dealkylation sites (tertiary alicyclic amines) is 1. The van der Waals surface area contributed by atoms with Crippen molar-refractivity contribution < 1.29 is 4.79 Å². The van der Waals surface area contributed by atoms with Crippen LogP contribution in [-0.4, -0.2) is 36.0 Å². The van der Waals surface area contributed by atoms with E-state index >= 15 is 0 Å². The molecule has 0 radical (unpaired) electrons. The second-order valence-corrected chi connectivity index (χ2v) is 5.76. The van der Waals surface area contributed by atoms with Crippen molar-refractivity contribution in [2.75, 3.05) is 18.4 Å². The lowest BCUT2D eigenvalue weighted by molar-refractivity contribution is -0.121. The summed E-state index contributed by atoms with van der Waals surface area (Å²) in [6.45, 7) is 5.96. The van der Waals surface area contributed by atoms with Crippen LogP contribution >= 0.6 is 0 Å². The predicted molar refractivity (Wildman–Crippen MR) is 82.5 cm³/mol. The third-order valence-electron chi connectivity index (χ3n) is 4.29. The van der Waals surface area contributed by atoms with Gasteiger partial charge in [-0.25, -0.2) is 0 Å². The molecule has 20 heavy (non-hydrogen) atoms. The monoisotopic (exact) mass is 275 g/mol. The molecule has 3 N–H and O–H groups in total. The van der Waals surface area contributed by atoms with Crippen LogP contribution in [0, 0.1) is 5.92 Å². The summed E-state index contributed by atoms with van der Waals surface area (Å²) in [5.74, 6) is 0.658. The SMILES string of the molecule is CC(N)C1CCN(C(C)C(=O)Nc2ccccc2)CC1. The maximum absolute atomic E-state index is 12.2. The van der Waals surface area contributed by atoms with Crippen molar-refractivity contribution in [3.8, 4) is 0 Å². The first-order valence-electron chi connectivity index (χ1n) is 7.43. The van der Waals surface area contributed by atoms with Crippen LogP contribution in [0.25, 0.3) is 0 Å². The number of carbonyl (C=O) groups excluding carboxylic acids is 1. The van der Waals surface area contributed by atoms with E-state index in [1.165, 1.54) is 0 Å². The number of nitrogens with zero attached hydrogens (tertiary/aromatic N) is 1. The van der Waals surface area contributed by atoms with E-state index in [1.807, 2.05) is 37.3 Å². The quantitative estimate of drug-likeness (QED) is 0.884. The summed E-state index contributed by atoms with van der Waals surface area (Å²) < 4.78 is 0. The molecule has 1 saturated heterocycles. The van der Waals surface area contributed by atoms with Gasteiger partial charge in [-0.2, -0.15) is 0 Å². The van der Waals surface area contributed by atoms with Crippen LogP contribution in [0.15, 0.2) is 30.3 Å². The van der Waals surface area contributed by atoms with Crippen LogP contribution in [0.5, 0.6) is 0 Å². The highest BCUT2D eigenvalue weighted by atomic mass is 16.2. The molecule has 2 unspecified atom stereocenters. The number of piperidine rings is 1. The Morgan fingerprint density at radius 3 is 2.40 bits per heavy atom. The predicted octanol–water partition coefficient (Wildman–Crippen LogP) is 2.07. The zero-order valence-corrected chi connectivity index (χ0v) is 12.4. The van der Waals surface area contributed by atoms with Gasteiger partial charge in [0.15, 0.2) is 0 Å². The number of rotatable bonds is 4. The van der Waals surface area contributed by atoms with E-state index in [1.54, 1.807) is 0 Å². The number of hydrogen-bond acceptors (Lipinski definition) is 3. The smallest absolute Gasteiger partial charge is 0.241 e. The zero-order chi connectivity index (χ0) is 14.5. The van der Waals surface area contributed by atoms with Crippen LogP contribution in [-0.2, 0) is 4.79 Å². The van der Waals surface area contributed by atoms with Crippen LogP contribution in [0.1, 0.15) is 26.7 Å². The number of nitrogens with two attached hydrogens (primary N) is 1. The third-order valence-corrected chi connectivity index (χ3v) is 4.29. The van der Waals surface area contributed by atoms with Gasteiger partial charge in [0.25, 0.3) is 0 Å². The Hall–Kier alpha value is -1.39. The van der Waals surface area contributed by atoms with Gasteiger partial charge in [-0.15, -0.1) is 0 Å². The molecule has 0 aliphatic carbocycles. The Morgan fingerprint density at radius 1 is 1.25 bits per heavy atom. The summed E-state index contributed by atoms with van der Waals surface area (Å²) in [4.78, 5) is 14.5. The summed E-state index contributed by atoms with van der Waals surface area (Å²) in [5.41, 5.74) is 6.81. The lowest BCUT2D eigenvalue weighted by Gasteiger charge is -2.36. The molecule has 4 nitrogen and oxygen atoms in total. The van der Waals surface area contributed by atoms with Crippen molar-refractivity contribution in [2.24, 2.45) is 11.7 Å². The number of amides is 1. The van der Waals surface area contributed by atoms with E-state index in [2.05, 4.69) is 17.1 Å². The Labute approximate surface area is 121 Å². The molecule has 2 rings (SSSR count). The number of benzene rings is 1. The Morgan fingerprint density at radius 2 is 1.85 bits per heavy atom. The maximum atomic E-state index is 12.2. The average molecular weight is 275 g/mol. The molecule has 0 saturated carbocycles. The molecule has 0 aromatic heterocycles. The molecular weight excluding hydrogens is 250 g/mol. The lowest BCUT2D eigenvalue weighted by Crippen LogP contribution is -2.48. The minimum atomic E-state index is -0.0933. The van der Waals surface area contributed by atoms with Crippen molar-refractivity contribution in [3.05, 3.63) is 30.3 Å². The summed E-state index contributed by atoms with van der Waals surface area (Å²) in [7, 11) is 0. The second-order valence-electron chi connectivity index (χ2n) is 5.76. The number of para-hydroxylation sites is 1. The van der Waals surface area contributed by atoms with Gasteiger partial charge in [0.05, 0.1) is 6.04 Å². The third kappa shape index (κ3) is 3.81. The maximum Gasteiger partial charge on any atom is 0.241 e. The highest BCUT2D eigenvalue weighted by Crippen LogP contribution is 2.21. The molecule has 1 fully saturated rings. The fourth-order valence-electron chi connectivity index (χ4n) is 2.77. The van der Waals surface area contributed by atoms with E-state index in [0.29, 0.717) is 5.92 Å². The summed E-state index contributed by atoms with van der Waals surface area (Å²) in [6, 6.07) is 9.77. The van der Waals surface area contributed by atoms with E-state index in [9.17, 15) is 4.79 Å². The van der Waals surface area contributed by atoms with Crippen LogP contribution in [0.3, 0.4) is 0 Å². The summed E-state index contributed by atoms with van der Waals surface area (Å²) in [6.07, 6.45) is 2.17. The van der Waals surface area contributed by atoms with Crippen molar-refractivity contribution in [2.45, 2.75) is 38.8 Å². The lowest BCUT2D eigenvalue weighted by atomic mass is 9.90. The first-order chi connectivity index (χ1) is 9.58. The fraction of sp³-hybridized carbons (Fsp3) is 0.562. The van der Waals surface area contributed by atoms with Gasteiger partial charge >= 0.3 is 0 Å². The van der Waals surface area contributed by atoms with Gasteiger partial charge in [-0.3, -0.25) is 9.69 Å². The first kappa shape index (κ1) is 15.0. The molecule has 1 aromatic carbocycles. The molecule has 0 spiro atoms. The van der Waals surface area contributed by atoms with Crippen LogP contribution in [0.2, 0.25) is 0 Å². The number of nitrogens with one attached hydrogen (secondary N) is 1. The molecule has 1 amide bonds. The van der Waals surface area contributed by atoms with E-state index < -0.39 is 0 Å². The normalized spacial score (nSPS) is 20.4. The van der Waals surface area contributed by atoms with Crippen molar-refractivity contribution in [3.63, 3.8) is 0 Å². The molecular formula is C16H25N3O. The van der Waals surface area contributed by atoms with Crippen molar-refractivity contribution in [1.82, 2.24) is 4.90 Å². The van der Waals surface area contributed by atoms with E-state index in [0.717, 1.165) is 31.6 Å². The minimum absolute atomic E-state index is 0.0652. The largest absolute Gasteiger partial charge is 0.328 e. The Balaban J connectivity index is 1.85. The molecule has 1 heterocycles. The molecule has 110 valence electrons. The Kier molecular flexibility index (Phi) is 5.15. The molecule has 1 aromatic rings. The standard InChI is InChI=1S/C16H25N3O/c1-12(17)14-8-10-19(11-9-14)13(2)16(20)18-15-6-4-3-5-7-15/h3-7,12-14H,8-11,17H2,1-2H3,(H,18,20). The van der Waals surface area contributed by atoms with Crippen LogP contribution < -0.4 is 11.1 Å². The van der Waals surface area contributed by atoms with Gasteiger partial charge in [-0.05, 0) is 57.8 Å². The molecule has 2 atom stereocenters. The van der Waals surface area contributed by atoms with Crippen molar-refractivity contribution in [1.29, 1.82) is 0 Å². The number of carbonyl (C=O) groups is 1. The van der Waals surface area contributed by atoms with E-state index in [4.69, 9.17) is 5.73 Å². The van der Waals surface area contributed by atoms with Gasteiger partial charge in [0.2, 0.25) is 5.91 Å². The highest BCUT2D eigenvalue weighted by molar-refractivity contribution is 5.94. The fourth-order valence-corrected chi connectivity index (χ4v) is 2.77. The van der Waals surface area contributed by atoms with Crippen molar-refractivity contribution >= 4 is 11.6 Å². The molecule has 4 heteroatoms. The minimum Gasteiger partial charge on any atom is -0.328 e. The Bertz CT molecular complexity index is 425.